The zero-order valence-electron chi connectivity index (χ0n) is 15.7. The van der Waals surface area contributed by atoms with E-state index >= 15 is 0 Å². The van der Waals surface area contributed by atoms with Crippen LogP contribution in [0.15, 0.2) is 30.3 Å². The Morgan fingerprint density at radius 2 is 1.96 bits per heavy atom. The molecule has 0 radical (unpaired) electrons. The molecule has 1 N–H and O–H groups in total. The van der Waals surface area contributed by atoms with Crippen LogP contribution < -0.4 is 5.32 Å². The average molecular weight is 394 g/mol. The standard InChI is InChI=1S/C19H27N3O4S/c1-26-14-13-22-17(23)15-27(25)19(22)8-11-21(12-9-19)18(24)20-10-7-16-5-3-2-4-6-16/h2-6H,7-15H2,1H3,(H,20,24)/t27-/m0/s1. The molecule has 0 saturated carbocycles. The van der Waals surface area contributed by atoms with Crippen LogP contribution >= 0.6 is 0 Å². The van der Waals surface area contributed by atoms with Gasteiger partial charge in [-0.3, -0.25) is 9.00 Å². The minimum absolute atomic E-state index is 0.0764. The van der Waals surface area contributed by atoms with Gasteiger partial charge >= 0.3 is 6.03 Å². The van der Waals surface area contributed by atoms with Gasteiger partial charge in [0.15, 0.2) is 0 Å². The SMILES string of the molecule is COCCN1C(=O)C[S@](=O)C12CCN(C(=O)NCCc1ccccc1)CC2. The number of nitrogens with one attached hydrogen (secondary N) is 1. The second kappa shape index (κ2) is 8.84. The molecule has 0 unspecified atom stereocenters. The molecule has 8 heteroatoms. The minimum atomic E-state index is -1.23. The molecule has 1 atom stereocenters. The lowest BCUT2D eigenvalue weighted by molar-refractivity contribution is -0.131. The van der Waals surface area contributed by atoms with E-state index < -0.39 is 15.7 Å². The van der Waals surface area contributed by atoms with Crippen molar-refractivity contribution in [1.82, 2.24) is 15.1 Å². The van der Waals surface area contributed by atoms with Gasteiger partial charge in [0, 0.05) is 46.1 Å². The number of piperidine rings is 1. The highest BCUT2D eigenvalue weighted by Gasteiger charge is 2.52. The smallest absolute Gasteiger partial charge is 0.317 e. The molecule has 0 bridgehead atoms. The zero-order valence-corrected chi connectivity index (χ0v) is 16.5. The quantitative estimate of drug-likeness (QED) is 0.781. The molecular weight excluding hydrogens is 366 g/mol. The fourth-order valence-electron chi connectivity index (χ4n) is 3.81. The molecule has 1 aromatic rings. The number of likely N-dealkylation sites (tertiary alicyclic amines) is 1. The molecule has 2 aliphatic heterocycles. The lowest BCUT2D eigenvalue weighted by Gasteiger charge is -2.43. The summed E-state index contributed by atoms with van der Waals surface area (Å²) in [6.45, 7) is 2.45. The van der Waals surface area contributed by atoms with E-state index in [1.54, 1.807) is 16.9 Å². The summed E-state index contributed by atoms with van der Waals surface area (Å²) in [5, 5.41) is 2.96. The van der Waals surface area contributed by atoms with Crippen LogP contribution in [0, 0.1) is 0 Å². The molecule has 2 fully saturated rings. The lowest BCUT2D eigenvalue weighted by Crippen LogP contribution is -2.57. The summed E-state index contributed by atoms with van der Waals surface area (Å²) in [7, 11) is 0.362. The van der Waals surface area contributed by atoms with Crippen LogP contribution in [0.2, 0.25) is 0 Å². The number of amides is 3. The van der Waals surface area contributed by atoms with Gasteiger partial charge in [0.1, 0.15) is 10.6 Å². The van der Waals surface area contributed by atoms with Crippen LogP contribution in [0.25, 0.3) is 0 Å². The topological polar surface area (TPSA) is 79.0 Å². The van der Waals surface area contributed by atoms with Crippen molar-refractivity contribution in [3.8, 4) is 0 Å². The van der Waals surface area contributed by atoms with Crippen molar-refractivity contribution < 1.29 is 18.5 Å². The Balaban J connectivity index is 1.52. The molecule has 1 aromatic carbocycles. The summed E-state index contributed by atoms with van der Waals surface area (Å²) in [5.41, 5.74) is 1.18. The van der Waals surface area contributed by atoms with Crippen LogP contribution in [0.4, 0.5) is 4.79 Å². The highest BCUT2D eigenvalue weighted by Crippen LogP contribution is 2.37. The van der Waals surface area contributed by atoms with E-state index in [4.69, 9.17) is 4.74 Å². The minimum Gasteiger partial charge on any atom is -0.383 e. The van der Waals surface area contributed by atoms with Crippen molar-refractivity contribution in [2.75, 3.05) is 45.6 Å². The number of ether oxygens (including phenoxy) is 1. The van der Waals surface area contributed by atoms with E-state index in [2.05, 4.69) is 5.32 Å². The number of carbonyl (C=O) groups excluding carboxylic acids is 2. The van der Waals surface area contributed by atoms with Gasteiger partial charge in [-0.1, -0.05) is 30.3 Å². The Bertz CT molecular complexity index is 689. The summed E-state index contributed by atoms with van der Waals surface area (Å²) in [4.78, 5) is 27.5. The number of nitrogens with zero attached hydrogens (tertiary/aromatic N) is 2. The summed E-state index contributed by atoms with van der Waals surface area (Å²) in [6, 6.07) is 9.92. The summed E-state index contributed by atoms with van der Waals surface area (Å²) < 4.78 is 17.7. The van der Waals surface area contributed by atoms with Gasteiger partial charge in [-0.2, -0.15) is 0 Å². The molecule has 0 aromatic heterocycles. The molecule has 27 heavy (non-hydrogen) atoms. The largest absolute Gasteiger partial charge is 0.383 e. The lowest BCUT2D eigenvalue weighted by atomic mass is 10.0. The molecule has 1 spiro atoms. The zero-order chi connectivity index (χ0) is 19.3. The Kier molecular flexibility index (Phi) is 6.49. The molecule has 7 nitrogen and oxygen atoms in total. The first-order valence-electron chi connectivity index (χ1n) is 9.31. The van der Waals surface area contributed by atoms with Gasteiger partial charge in [0.25, 0.3) is 0 Å². The maximum atomic E-state index is 12.6. The molecule has 148 valence electrons. The van der Waals surface area contributed by atoms with Crippen molar-refractivity contribution in [2.45, 2.75) is 24.1 Å². The molecular formula is C19H27N3O4S. The summed E-state index contributed by atoms with van der Waals surface area (Å²) in [6.07, 6.45) is 1.87. The van der Waals surface area contributed by atoms with Gasteiger partial charge in [0.2, 0.25) is 5.91 Å². The van der Waals surface area contributed by atoms with Gasteiger partial charge < -0.3 is 19.9 Å². The van der Waals surface area contributed by atoms with E-state index in [1.165, 1.54) is 5.56 Å². The van der Waals surface area contributed by atoms with Crippen molar-refractivity contribution in [3.63, 3.8) is 0 Å². The van der Waals surface area contributed by atoms with Crippen molar-refractivity contribution in [1.29, 1.82) is 0 Å². The van der Waals surface area contributed by atoms with Crippen molar-refractivity contribution in [3.05, 3.63) is 35.9 Å². The van der Waals surface area contributed by atoms with Crippen LogP contribution in [-0.2, 0) is 26.8 Å². The number of hydrogen-bond acceptors (Lipinski definition) is 4. The fourth-order valence-corrected chi connectivity index (χ4v) is 5.54. The van der Waals surface area contributed by atoms with Crippen molar-refractivity contribution >= 4 is 22.7 Å². The highest BCUT2D eigenvalue weighted by molar-refractivity contribution is 7.87. The molecule has 2 heterocycles. The fraction of sp³-hybridized carbons (Fsp3) is 0.579. The third-order valence-corrected chi connectivity index (χ3v) is 7.34. The van der Waals surface area contributed by atoms with Gasteiger partial charge in [-0.05, 0) is 12.0 Å². The number of methoxy groups -OCH3 is 1. The highest BCUT2D eigenvalue weighted by atomic mass is 32.2. The second-order valence-electron chi connectivity index (χ2n) is 6.93. The summed E-state index contributed by atoms with van der Waals surface area (Å²) >= 11 is 0. The summed E-state index contributed by atoms with van der Waals surface area (Å²) in [5.74, 6) is -0.00127. The van der Waals surface area contributed by atoms with Crippen LogP contribution in [0.1, 0.15) is 18.4 Å². The maximum Gasteiger partial charge on any atom is 0.317 e. The predicted octanol–water partition coefficient (Wildman–Crippen LogP) is 0.968. The predicted molar refractivity (Wildman–Crippen MR) is 104 cm³/mol. The second-order valence-corrected chi connectivity index (χ2v) is 8.67. The maximum absolute atomic E-state index is 12.6. The van der Waals surface area contributed by atoms with Gasteiger partial charge in [-0.25, -0.2) is 4.79 Å². The van der Waals surface area contributed by atoms with E-state index in [9.17, 15) is 13.8 Å². The van der Waals surface area contributed by atoms with Gasteiger partial charge in [-0.15, -0.1) is 0 Å². The number of hydrogen-bond donors (Lipinski definition) is 1. The third kappa shape index (κ3) is 4.32. The van der Waals surface area contributed by atoms with E-state index in [0.717, 1.165) is 6.42 Å². The Morgan fingerprint density at radius 3 is 2.63 bits per heavy atom. The van der Waals surface area contributed by atoms with Crippen LogP contribution in [0.5, 0.6) is 0 Å². The monoisotopic (exact) mass is 393 g/mol. The van der Waals surface area contributed by atoms with Crippen molar-refractivity contribution in [2.24, 2.45) is 0 Å². The van der Waals surface area contributed by atoms with Crippen LogP contribution in [0.3, 0.4) is 0 Å². The van der Waals surface area contributed by atoms with Gasteiger partial charge in [0.05, 0.1) is 17.4 Å². The normalized spacial score (nSPS) is 21.7. The molecule has 3 amide bonds. The Morgan fingerprint density at radius 1 is 1.26 bits per heavy atom. The van der Waals surface area contributed by atoms with E-state index in [-0.39, 0.29) is 17.7 Å². The van der Waals surface area contributed by atoms with E-state index in [1.807, 2.05) is 30.3 Å². The molecule has 2 saturated heterocycles. The first kappa shape index (κ1) is 19.8. The molecule has 2 aliphatic rings. The number of benzene rings is 1. The Labute approximate surface area is 162 Å². The van der Waals surface area contributed by atoms with Crippen LogP contribution in [-0.4, -0.2) is 76.5 Å². The number of urea groups is 1. The first-order valence-corrected chi connectivity index (χ1v) is 10.6. The first-order chi connectivity index (χ1) is 13.1. The Hall–Kier alpha value is -1.93. The molecule has 3 rings (SSSR count). The molecule has 0 aliphatic carbocycles. The van der Waals surface area contributed by atoms with E-state index in [0.29, 0.717) is 45.6 Å². The average Bonchev–Trinajstić information content (AvgIpc) is 2.90. The number of carbonyl (C=O) groups is 2. The number of rotatable bonds is 6. The third-order valence-electron chi connectivity index (χ3n) is 5.36.